The Morgan fingerprint density at radius 3 is 2.81 bits per heavy atom. The van der Waals surface area contributed by atoms with E-state index in [1.54, 1.807) is 26.5 Å². The van der Waals surface area contributed by atoms with Gasteiger partial charge in [0, 0.05) is 31.3 Å². The molecule has 1 amide bonds. The SMILES string of the molecule is COCc1noc(CNC(=O)C2CCC(Nc3nccc(OC)n3)CC2)n1. The van der Waals surface area contributed by atoms with Crippen LogP contribution in [0.5, 0.6) is 5.88 Å². The quantitative estimate of drug-likeness (QED) is 0.701. The maximum absolute atomic E-state index is 12.4. The maximum atomic E-state index is 12.4. The van der Waals surface area contributed by atoms with E-state index in [9.17, 15) is 4.79 Å². The summed E-state index contributed by atoms with van der Waals surface area (Å²) in [5.74, 6) is 1.91. The van der Waals surface area contributed by atoms with Crippen LogP contribution in [0.25, 0.3) is 0 Å². The van der Waals surface area contributed by atoms with Gasteiger partial charge in [-0.3, -0.25) is 4.79 Å². The molecule has 0 aliphatic heterocycles. The molecular formula is C17H24N6O4. The minimum Gasteiger partial charge on any atom is -0.481 e. The topological polar surface area (TPSA) is 124 Å². The third-order valence-electron chi connectivity index (χ3n) is 4.47. The Morgan fingerprint density at radius 2 is 2.07 bits per heavy atom. The summed E-state index contributed by atoms with van der Waals surface area (Å²) in [4.78, 5) is 25.0. The molecule has 1 saturated carbocycles. The van der Waals surface area contributed by atoms with Crippen molar-refractivity contribution in [2.24, 2.45) is 5.92 Å². The molecule has 2 heterocycles. The molecule has 1 fully saturated rings. The summed E-state index contributed by atoms with van der Waals surface area (Å²) in [5, 5.41) is 9.94. The Labute approximate surface area is 157 Å². The number of anilines is 1. The van der Waals surface area contributed by atoms with Gasteiger partial charge >= 0.3 is 0 Å². The number of amides is 1. The van der Waals surface area contributed by atoms with E-state index in [4.69, 9.17) is 14.0 Å². The van der Waals surface area contributed by atoms with Gasteiger partial charge in [0.1, 0.15) is 6.61 Å². The van der Waals surface area contributed by atoms with E-state index in [1.165, 1.54) is 0 Å². The van der Waals surface area contributed by atoms with Crippen molar-refractivity contribution in [1.29, 1.82) is 0 Å². The van der Waals surface area contributed by atoms with E-state index in [0.29, 0.717) is 23.5 Å². The lowest BCUT2D eigenvalue weighted by atomic mass is 9.85. The zero-order chi connectivity index (χ0) is 19.1. The van der Waals surface area contributed by atoms with Crippen LogP contribution in [0.3, 0.4) is 0 Å². The predicted molar refractivity (Wildman–Crippen MR) is 94.8 cm³/mol. The maximum Gasteiger partial charge on any atom is 0.246 e. The normalized spacial score (nSPS) is 19.5. The molecule has 0 saturated heterocycles. The lowest BCUT2D eigenvalue weighted by Gasteiger charge is -2.28. The fourth-order valence-corrected chi connectivity index (χ4v) is 3.06. The molecule has 3 rings (SSSR count). The van der Waals surface area contributed by atoms with Crippen molar-refractivity contribution in [3.8, 4) is 5.88 Å². The van der Waals surface area contributed by atoms with Gasteiger partial charge in [0.05, 0.1) is 13.7 Å². The minimum atomic E-state index is -0.0179. The van der Waals surface area contributed by atoms with Crippen LogP contribution >= 0.6 is 0 Å². The van der Waals surface area contributed by atoms with Crippen molar-refractivity contribution < 1.29 is 18.8 Å². The molecule has 0 bridgehead atoms. The van der Waals surface area contributed by atoms with Gasteiger partial charge < -0.3 is 24.6 Å². The molecule has 10 nitrogen and oxygen atoms in total. The summed E-state index contributed by atoms with van der Waals surface area (Å²) >= 11 is 0. The van der Waals surface area contributed by atoms with Crippen molar-refractivity contribution in [3.63, 3.8) is 0 Å². The molecule has 0 atom stereocenters. The van der Waals surface area contributed by atoms with E-state index in [0.717, 1.165) is 25.7 Å². The molecular weight excluding hydrogens is 352 g/mol. The second-order valence-corrected chi connectivity index (χ2v) is 6.37. The smallest absolute Gasteiger partial charge is 0.246 e. The Hall–Kier alpha value is -2.75. The highest BCUT2D eigenvalue weighted by molar-refractivity contribution is 5.78. The molecule has 2 aromatic rings. The average Bonchev–Trinajstić information content (AvgIpc) is 3.15. The van der Waals surface area contributed by atoms with Gasteiger partial charge in [0.15, 0.2) is 5.82 Å². The average molecular weight is 376 g/mol. The van der Waals surface area contributed by atoms with Crippen molar-refractivity contribution >= 4 is 11.9 Å². The van der Waals surface area contributed by atoms with E-state index in [2.05, 4.69) is 30.7 Å². The number of hydrogen-bond acceptors (Lipinski definition) is 9. The molecule has 27 heavy (non-hydrogen) atoms. The molecule has 2 N–H and O–H groups in total. The van der Waals surface area contributed by atoms with Crippen LogP contribution in [0.4, 0.5) is 5.95 Å². The molecule has 146 valence electrons. The van der Waals surface area contributed by atoms with Gasteiger partial charge in [-0.15, -0.1) is 0 Å². The first-order valence-electron chi connectivity index (χ1n) is 8.89. The molecule has 1 aliphatic carbocycles. The first-order chi connectivity index (χ1) is 13.2. The third-order valence-corrected chi connectivity index (χ3v) is 4.47. The molecule has 0 aromatic carbocycles. The Kier molecular flexibility index (Phi) is 6.53. The highest BCUT2D eigenvalue weighted by atomic mass is 16.5. The number of nitrogens with one attached hydrogen (secondary N) is 2. The van der Waals surface area contributed by atoms with Gasteiger partial charge in [-0.05, 0) is 25.7 Å². The monoisotopic (exact) mass is 376 g/mol. The standard InChI is InChI=1S/C17H24N6O4/c1-25-10-13-21-15(27-23-13)9-19-16(24)11-3-5-12(6-4-11)20-17-18-8-7-14(22-17)26-2/h7-8,11-12H,3-6,9-10H2,1-2H3,(H,19,24)(H,18,20,22). The van der Waals surface area contributed by atoms with E-state index in [1.807, 2.05) is 0 Å². The Bertz CT molecular complexity index is 745. The number of ether oxygens (including phenoxy) is 2. The van der Waals surface area contributed by atoms with Crippen LogP contribution in [0, 0.1) is 5.92 Å². The molecule has 0 radical (unpaired) electrons. The number of methoxy groups -OCH3 is 2. The fraction of sp³-hybridized carbons (Fsp3) is 0.588. The lowest BCUT2D eigenvalue weighted by molar-refractivity contribution is -0.126. The number of carbonyl (C=O) groups is 1. The van der Waals surface area contributed by atoms with E-state index in [-0.39, 0.29) is 31.0 Å². The summed E-state index contributed by atoms with van der Waals surface area (Å²) in [5.41, 5.74) is 0. The molecule has 2 aromatic heterocycles. The number of aromatic nitrogens is 4. The van der Waals surface area contributed by atoms with Crippen LogP contribution in [-0.2, 0) is 22.7 Å². The Balaban J connectivity index is 1.41. The van der Waals surface area contributed by atoms with Crippen LogP contribution in [0.15, 0.2) is 16.8 Å². The predicted octanol–water partition coefficient (Wildman–Crippen LogP) is 1.30. The van der Waals surface area contributed by atoms with Gasteiger partial charge in [0.2, 0.25) is 23.6 Å². The largest absolute Gasteiger partial charge is 0.481 e. The third kappa shape index (κ3) is 5.36. The zero-order valence-corrected chi connectivity index (χ0v) is 15.5. The van der Waals surface area contributed by atoms with E-state index < -0.39 is 0 Å². The zero-order valence-electron chi connectivity index (χ0n) is 15.5. The summed E-state index contributed by atoms with van der Waals surface area (Å²) in [6, 6.07) is 1.95. The summed E-state index contributed by atoms with van der Waals surface area (Å²) in [7, 11) is 3.13. The molecule has 0 unspecified atom stereocenters. The van der Waals surface area contributed by atoms with Crippen molar-refractivity contribution in [3.05, 3.63) is 24.0 Å². The summed E-state index contributed by atoms with van der Waals surface area (Å²) in [6.45, 7) is 0.511. The van der Waals surface area contributed by atoms with Gasteiger partial charge in [-0.1, -0.05) is 5.16 Å². The molecule has 0 spiro atoms. The van der Waals surface area contributed by atoms with Crippen molar-refractivity contribution in [2.75, 3.05) is 19.5 Å². The van der Waals surface area contributed by atoms with Crippen LogP contribution in [0.1, 0.15) is 37.4 Å². The summed E-state index contributed by atoms with van der Waals surface area (Å²) in [6.07, 6.45) is 5.00. The number of nitrogens with zero attached hydrogens (tertiary/aromatic N) is 4. The van der Waals surface area contributed by atoms with E-state index >= 15 is 0 Å². The van der Waals surface area contributed by atoms with Crippen LogP contribution in [-0.4, -0.2) is 46.3 Å². The van der Waals surface area contributed by atoms with Crippen LogP contribution in [0.2, 0.25) is 0 Å². The first-order valence-corrected chi connectivity index (χ1v) is 8.89. The highest BCUT2D eigenvalue weighted by Crippen LogP contribution is 2.26. The Morgan fingerprint density at radius 1 is 1.26 bits per heavy atom. The number of rotatable bonds is 8. The second kappa shape index (κ2) is 9.26. The fourth-order valence-electron chi connectivity index (χ4n) is 3.06. The van der Waals surface area contributed by atoms with Gasteiger partial charge in [-0.2, -0.15) is 9.97 Å². The molecule has 1 aliphatic rings. The minimum absolute atomic E-state index is 0.0116. The highest BCUT2D eigenvalue weighted by Gasteiger charge is 2.26. The second-order valence-electron chi connectivity index (χ2n) is 6.37. The molecule has 10 heteroatoms. The van der Waals surface area contributed by atoms with Crippen molar-refractivity contribution in [2.45, 2.75) is 44.9 Å². The van der Waals surface area contributed by atoms with Crippen LogP contribution < -0.4 is 15.4 Å². The summed E-state index contributed by atoms with van der Waals surface area (Å²) < 4.78 is 15.1. The number of hydrogen-bond donors (Lipinski definition) is 2. The van der Waals surface area contributed by atoms with Gasteiger partial charge in [0.25, 0.3) is 0 Å². The first kappa shape index (κ1) is 19.0. The lowest BCUT2D eigenvalue weighted by Crippen LogP contribution is -2.35. The number of carbonyl (C=O) groups excluding carboxylic acids is 1. The van der Waals surface area contributed by atoms with Crippen molar-refractivity contribution in [1.82, 2.24) is 25.4 Å². The van der Waals surface area contributed by atoms with Gasteiger partial charge in [-0.25, -0.2) is 4.98 Å².